The summed E-state index contributed by atoms with van der Waals surface area (Å²) in [5.41, 5.74) is 5.08. The van der Waals surface area contributed by atoms with E-state index in [1.54, 1.807) is 12.3 Å². The topological polar surface area (TPSA) is 55.1 Å². The molecule has 1 aromatic heterocycles. The number of hydrogen-bond donors (Lipinski definition) is 1. The van der Waals surface area contributed by atoms with Crippen molar-refractivity contribution in [1.82, 2.24) is 9.55 Å². The van der Waals surface area contributed by atoms with Crippen molar-refractivity contribution in [3.63, 3.8) is 0 Å². The van der Waals surface area contributed by atoms with Crippen molar-refractivity contribution in [2.24, 2.45) is 0 Å². The van der Waals surface area contributed by atoms with Crippen molar-refractivity contribution >= 4 is 5.97 Å². The molecule has 1 heterocycles. The van der Waals surface area contributed by atoms with Crippen LogP contribution in [-0.4, -0.2) is 20.6 Å². The van der Waals surface area contributed by atoms with Crippen molar-refractivity contribution in [2.45, 2.75) is 20.8 Å². The summed E-state index contributed by atoms with van der Waals surface area (Å²) < 4.78 is 1.85. The molecule has 0 atom stereocenters. The quantitative estimate of drug-likeness (QED) is 0.558. The van der Waals surface area contributed by atoms with E-state index in [0.717, 1.165) is 22.4 Å². The maximum atomic E-state index is 11.4. The smallest absolute Gasteiger partial charge is 0.355 e. The standard InChI is InChI=1S/C19H17N2O2.Ir/c1-12-9-13(2)17(14(3)10-12)21-11-16(19(22)23)20-18(21)15-7-5-4-6-8-15;/h4-7,9-11H,1-3H3,(H,22,23);/q-1;. The van der Waals surface area contributed by atoms with Gasteiger partial charge >= 0.3 is 5.97 Å². The fourth-order valence-corrected chi connectivity index (χ4v) is 2.93. The summed E-state index contributed by atoms with van der Waals surface area (Å²) in [6, 6.07) is 14.7. The van der Waals surface area contributed by atoms with E-state index in [2.05, 4.69) is 23.2 Å². The molecular formula is C19H17IrN2O2-. The van der Waals surface area contributed by atoms with Crippen LogP contribution in [0.2, 0.25) is 0 Å². The van der Waals surface area contributed by atoms with Gasteiger partial charge in [-0.3, -0.25) is 4.98 Å². The number of carboxylic acid groups (broad SMARTS) is 1. The van der Waals surface area contributed by atoms with E-state index in [0.29, 0.717) is 5.82 Å². The molecular weight excluding hydrogens is 480 g/mol. The third-order valence-electron chi connectivity index (χ3n) is 3.75. The molecule has 0 aliphatic rings. The first-order valence-corrected chi connectivity index (χ1v) is 7.35. The molecule has 0 unspecified atom stereocenters. The van der Waals surface area contributed by atoms with Gasteiger partial charge in [0.1, 0.15) is 0 Å². The van der Waals surface area contributed by atoms with Gasteiger partial charge in [0.2, 0.25) is 0 Å². The Morgan fingerprint density at radius 1 is 1.17 bits per heavy atom. The van der Waals surface area contributed by atoms with E-state index < -0.39 is 5.97 Å². The van der Waals surface area contributed by atoms with E-state index in [1.165, 1.54) is 5.56 Å². The van der Waals surface area contributed by atoms with Gasteiger partial charge in [-0.05, 0) is 31.9 Å². The minimum atomic E-state index is -1.04. The number of aryl methyl sites for hydroxylation is 3. The minimum absolute atomic E-state index is 0. The second kappa shape index (κ2) is 7.12. The van der Waals surface area contributed by atoms with Crippen LogP contribution in [0.5, 0.6) is 0 Å². The zero-order valence-electron chi connectivity index (χ0n) is 13.6. The van der Waals surface area contributed by atoms with E-state index in [4.69, 9.17) is 0 Å². The SMILES string of the molecule is Cc1cc(C)c(-n2cc(C(=O)O)nc2-c2[c-]cccc2)c(C)c1.[Ir]. The van der Waals surface area contributed by atoms with E-state index in [1.807, 2.05) is 43.5 Å². The number of imidazole rings is 1. The summed E-state index contributed by atoms with van der Waals surface area (Å²) in [5, 5.41) is 9.31. The van der Waals surface area contributed by atoms with E-state index >= 15 is 0 Å². The summed E-state index contributed by atoms with van der Waals surface area (Å²) in [4.78, 5) is 15.7. The van der Waals surface area contributed by atoms with Crippen LogP contribution in [0.4, 0.5) is 0 Å². The van der Waals surface area contributed by atoms with Gasteiger partial charge in [0.05, 0.1) is 5.82 Å². The summed E-state index contributed by atoms with van der Waals surface area (Å²) in [7, 11) is 0. The number of nitrogens with zero attached hydrogens (tertiary/aromatic N) is 2. The molecule has 0 amide bonds. The summed E-state index contributed by atoms with van der Waals surface area (Å²) >= 11 is 0. The van der Waals surface area contributed by atoms with Crippen LogP contribution >= 0.6 is 0 Å². The molecule has 0 bridgehead atoms. The van der Waals surface area contributed by atoms with Crippen molar-refractivity contribution in [2.75, 3.05) is 0 Å². The zero-order chi connectivity index (χ0) is 16.6. The molecule has 0 spiro atoms. The van der Waals surface area contributed by atoms with Gasteiger partial charge in [0.15, 0.2) is 5.69 Å². The van der Waals surface area contributed by atoms with Gasteiger partial charge < -0.3 is 9.67 Å². The number of rotatable bonds is 3. The van der Waals surface area contributed by atoms with Crippen LogP contribution < -0.4 is 0 Å². The maximum absolute atomic E-state index is 11.4. The van der Waals surface area contributed by atoms with Gasteiger partial charge in [-0.2, -0.15) is 0 Å². The Morgan fingerprint density at radius 3 is 2.38 bits per heavy atom. The second-order valence-corrected chi connectivity index (χ2v) is 5.65. The summed E-state index contributed by atoms with van der Waals surface area (Å²) in [6.07, 6.45) is 1.57. The number of hydrogen-bond acceptors (Lipinski definition) is 2. The summed E-state index contributed by atoms with van der Waals surface area (Å²) in [5.74, 6) is -0.457. The van der Waals surface area contributed by atoms with Crippen LogP contribution in [0.3, 0.4) is 0 Å². The monoisotopic (exact) mass is 498 g/mol. The van der Waals surface area contributed by atoms with Crippen LogP contribution in [0.25, 0.3) is 17.1 Å². The molecule has 0 aliphatic heterocycles. The average molecular weight is 498 g/mol. The Bertz CT molecular complexity index is 863. The van der Waals surface area contributed by atoms with Crippen molar-refractivity contribution < 1.29 is 30.0 Å². The number of carbonyl (C=O) groups is 1. The number of aromatic carboxylic acids is 1. The Morgan fingerprint density at radius 2 is 1.83 bits per heavy atom. The van der Waals surface area contributed by atoms with Crippen LogP contribution in [0.15, 0.2) is 42.6 Å². The Kier molecular flexibility index (Phi) is 5.37. The molecule has 1 N–H and O–H groups in total. The first-order valence-electron chi connectivity index (χ1n) is 7.35. The molecule has 4 nitrogen and oxygen atoms in total. The maximum Gasteiger partial charge on any atom is 0.355 e. The van der Waals surface area contributed by atoms with Crippen molar-refractivity contribution in [3.05, 3.63) is 71.0 Å². The molecule has 0 saturated carbocycles. The molecule has 24 heavy (non-hydrogen) atoms. The van der Waals surface area contributed by atoms with Gasteiger partial charge in [-0.15, -0.1) is 35.9 Å². The molecule has 2 aromatic carbocycles. The fraction of sp³-hybridized carbons (Fsp3) is 0.158. The first kappa shape index (κ1) is 18.1. The predicted octanol–water partition coefficient (Wildman–Crippen LogP) is 3.96. The van der Waals surface area contributed by atoms with Crippen LogP contribution in [0.1, 0.15) is 27.2 Å². The third kappa shape index (κ3) is 3.32. The minimum Gasteiger partial charge on any atom is -0.476 e. The van der Waals surface area contributed by atoms with Crippen LogP contribution in [-0.2, 0) is 20.1 Å². The molecule has 1 radical (unpaired) electrons. The van der Waals surface area contributed by atoms with Crippen molar-refractivity contribution in [1.29, 1.82) is 0 Å². The van der Waals surface area contributed by atoms with Gasteiger partial charge in [0, 0.05) is 32.0 Å². The Labute approximate surface area is 154 Å². The number of carboxylic acids is 1. The van der Waals surface area contributed by atoms with Gasteiger partial charge in [0.25, 0.3) is 0 Å². The first-order chi connectivity index (χ1) is 11.0. The molecule has 0 aliphatic carbocycles. The van der Waals surface area contributed by atoms with E-state index in [9.17, 15) is 9.90 Å². The fourth-order valence-electron chi connectivity index (χ4n) is 2.93. The molecule has 5 heteroatoms. The largest absolute Gasteiger partial charge is 0.476 e. The average Bonchev–Trinajstić information content (AvgIpc) is 2.92. The number of aromatic nitrogens is 2. The zero-order valence-corrected chi connectivity index (χ0v) is 16.0. The molecule has 0 fully saturated rings. The molecule has 3 rings (SSSR count). The predicted molar refractivity (Wildman–Crippen MR) is 89.0 cm³/mol. The molecule has 0 saturated heterocycles. The normalized spacial score (nSPS) is 10.3. The van der Waals surface area contributed by atoms with Crippen LogP contribution in [0, 0.1) is 26.8 Å². The third-order valence-corrected chi connectivity index (χ3v) is 3.75. The summed E-state index contributed by atoms with van der Waals surface area (Å²) in [6.45, 7) is 6.09. The number of benzene rings is 2. The van der Waals surface area contributed by atoms with Crippen molar-refractivity contribution in [3.8, 4) is 17.1 Å². The van der Waals surface area contributed by atoms with E-state index in [-0.39, 0.29) is 25.8 Å². The second-order valence-electron chi connectivity index (χ2n) is 5.65. The Hall–Kier alpha value is -2.23. The Balaban J connectivity index is 0.00000208. The van der Waals surface area contributed by atoms with Gasteiger partial charge in [-0.1, -0.05) is 17.7 Å². The van der Waals surface area contributed by atoms with Gasteiger partial charge in [-0.25, -0.2) is 4.79 Å². The molecule has 3 aromatic rings. The molecule has 125 valence electrons.